The summed E-state index contributed by atoms with van der Waals surface area (Å²) in [5, 5.41) is 0. The number of benzene rings is 2. The summed E-state index contributed by atoms with van der Waals surface area (Å²) >= 11 is 0. The quantitative estimate of drug-likeness (QED) is 0.489. The molecule has 2 saturated heterocycles. The molecule has 2 fully saturated rings. The van der Waals surface area contributed by atoms with Crippen molar-refractivity contribution in [1.82, 2.24) is 9.80 Å². The molecule has 0 spiro atoms. The number of carbonyl (C=O) groups excluding carboxylic acids is 2. The van der Waals surface area contributed by atoms with Gasteiger partial charge in [0.05, 0.1) is 13.7 Å². The lowest BCUT2D eigenvalue weighted by Crippen LogP contribution is -2.64. The Bertz CT molecular complexity index is 1050. The Balaban J connectivity index is 1.78. The van der Waals surface area contributed by atoms with Crippen molar-refractivity contribution in [1.29, 1.82) is 0 Å². The first kappa shape index (κ1) is 21.9. The topological polar surface area (TPSA) is 49.9 Å². The van der Waals surface area contributed by atoms with Gasteiger partial charge in [-0.15, -0.1) is 0 Å². The molecule has 2 aliphatic heterocycles. The molecule has 5 nitrogen and oxygen atoms in total. The molecule has 2 aliphatic rings. The molecule has 4 rings (SSSR count). The van der Waals surface area contributed by atoms with Gasteiger partial charge in [0, 0.05) is 6.54 Å². The van der Waals surface area contributed by atoms with Crippen LogP contribution in [-0.4, -0.2) is 40.8 Å². The van der Waals surface area contributed by atoms with Gasteiger partial charge in [0.1, 0.15) is 17.0 Å². The van der Waals surface area contributed by atoms with Crippen molar-refractivity contribution in [3.05, 3.63) is 83.1 Å². The number of hydrogen-bond acceptors (Lipinski definition) is 3. The highest BCUT2D eigenvalue weighted by Gasteiger charge is 2.56. The normalized spacial score (nSPS) is 21.7. The van der Waals surface area contributed by atoms with E-state index in [0.717, 1.165) is 28.9 Å². The first-order chi connectivity index (χ1) is 15.4. The van der Waals surface area contributed by atoms with Gasteiger partial charge in [0.15, 0.2) is 0 Å². The van der Waals surface area contributed by atoms with Crippen LogP contribution >= 0.6 is 0 Å². The number of rotatable bonds is 6. The van der Waals surface area contributed by atoms with E-state index in [1.807, 2.05) is 79.4 Å². The summed E-state index contributed by atoms with van der Waals surface area (Å²) in [7, 11) is 1.63. The monoisotopic (exact) mass is 430 g/mol. The second-order valence-corrected chi connectivity index (χ2v) is 8.76. The van der Waals surface area contributed by atoms with E-state index in [4.69, 9.17) is 4.74 Å². The van der Waals surface area contributed by atoms with Crippen molar-refractivity contribution in [3.8, 4) is 5.75 Å². The number of methoxy groups -OCH3 is 1. The number of fused-ring (bicyclic) bond motifs is 1. The van der Waals surface area contributed by atoms with Crippen molar-refractivity contribution in [3.63, 3.8) is 0 Å². The van der Waals surface area contributed by atoms with Gasteiger partial charge in [-0.2, -0.15) is 0 Å². The summed E-state index contributed by atoms with van der Waals surface area (Å²) in [6.07, 6.45) is 6.01. The minimum absolute atomic E-state index is 0.00472. The molecule has 2 aromatic carbocycles. The third-order valence-electron chi connectivity index (χ3n) is 6.34. The summed E-state index contributed by atoms with van der Waals surface area (Å²) in [6.45, 7) is 5.02. The molecular formula is C27H30N2O3. The van der Waals surface area contributed by atoms with Gasteiger partial charge in [0.25, 0.3) is 11.8 Å². The lowest BCUT2D eigenvalue weighted by atomic mass is 9.86. The number of ether oxygens (including phenoxy) is 1. The number of piperazine rings is 1. The molecule has 2 heterocycles. The van der Waals surface area contributed by atoms with Crippen LogP contribution in [0.1, 0.15) is 44.2 Å². The van der Waals surface area contributed by atoms with Crippen LogP contribution in [0.5, 0.6) is 5.75 Å². The molecular weight excluding hydrogens is 400 g/mol. The molecule has 0 unspecified atom stereocenters. The highest BCUT2D eigenvalue weighted by Crippen LogP contribution is 2.41. The van der Waals surface area contributed by atoms with E-state index < -0.39 is 5.54 Å². The molecule has 166 valence electrons. The second-order valence-electron chi connectivity index (χ2n) is 8.76. The Morgan fingerprint density at radius 1 is 1.06 bits per heavy atom. The molecule has 32 heavy (non-hydrogen) atoms. The zero-order valence-corrected chi connectivity index (χ0v) is 19.0. The van der Waals surface area contributed by atoms with Crippen LogP contribution in [-0.2, 0) is 16.1 Å². The van der Waals surface area contributed by atoms with E-state index in [0.29, 0.717) is 31.6 Å². The highest BCUT2D eigenvalue weighted by atomic mass is 16.5. The fourth-order valence-corrected chi connectivity index (χ4v) is 4.60. The maximum Gasteiger partial charge on any atom is 0.271 e. The summed E-state index contributed by atoms with van der Waals surface area (Å²) in [4.78, 5) is 31.3. The molecule has 0 bridgehead atoms. The predicted molar refractivity (Wildman–Crippen MR) is 126 cm³/mol. The molecule has 0 N–H and O–H groups in total. The summed E-state index contributed by atoms with van der Waals surface area (Å²) in [6, 6.07) is 17.4. The molecule has 1 atom stereocenters. The van der Waals surface area contributed by atoms with Crippen LogP contribution < -0.4 is 4.74 Å². The number of allylic oxidation sites excluding steroid dienone is 1. The Labute approximate surface area is 190 Å². The minimum Gasteiger partial charge on any atom is -0.497 e. The van der Waals surface area contributed by atoms with Crippen LogP contribution in [0.15, 0.2) is 71.9 Å². The maximum atomic E-state index is 14.1. The molecule has 0 aliphatic carbocycles. The number of carbonyl (C=O) groups is 2. The number of amides is 2. The number of hydrogen-bond donors (Lipinski definition) is 0. The predicted octanol–water partition coefficient (Wildman–Crippen LogP) is 4.80. The van der Waals surface area contributed by atoms with E-state index in [1.54, 1.807) is 12.0 Å². The molecule has 0 aromatic heterocycles. The van der Waals surface area contributed by atoms with Gasteiger partial charge in [0.2, 0.25) is 0 Å². The molecule has 2 aromatic rings. The van der Waals surface area contributed by atoms with Crippen molar-refractivity contribution >= 4 is 17.9 Å². The molecule has 0 saturated carbocycles. The SMILES string of the molecule is COc1ccc(CN2C(=O)[C@]3(CC=C(C)C)CCCN3C(=O)/C2=C/c2ccccc2)cc1. The summed E-state index contributed by atoms with van der Waals surface area (Å²) < 4.78 is 5.27. The lowest BCUT2D eigenvalue weighted by molar-refractivity contribution is -0.157. The second kappa shape index (κ2) is 9.03. The van der Waals surface area contributed by atoms with Crippen LogP contribution in [0.3, 0.4) is 0 Å². The third-order valence-corrected chi connectivity index (χ3v) is 6.34. The third kappa shape index (κ3) is 4.07. The van der Waals surface area contributed by atoms with Crippen molar-refractivity contribution in [2.24, 2.45) is 0 Å². The molecule has 0 radical (unpaired) electrons. The van der Waals surface area contributed by atoms with Gasteiger partial charge >= 0.3 is 0 Å². The van der Waals surface area contributed by atoms with Crippen LogP contribution in [0.4, 0.5) is 0 Å². The van der Waals surface area contributed by atoms with Crippen molar-refractivity contribution < 1.29 is 14.3 Å². The van der Waals surface area contributed by atoms with Gasteiger partial charge in [-0.05, 0) is 62.4 Å². The average Bonchev–Trinajstić information content (AvgIpc) is 3.25. The van der Waals surface area contributed by atoms with Gasteiger partial charge in [-0.25, -0.2) is 0 Å². The van der Waals surface area contributed by atoms with E-state index in [-0.39, 0.29) is 11.8 Å². The fourth-order valence-electron chi connectivity index (χ4n) is 4.60. The van der Waals surface area contributed by atoms with Crippen molar-refractivity contribution in [2.75, 3.05) is 13.7 Å². The van der Waals surface area contributed by atoms with E-state index in [2.05, 4.69) is 6.08 Å². The van der Waals surface area contributed by atoms with Crippen LogP contribution in [0.2, 0.25) is 0 Å². The Morgan fingerprint density at radius 2 is 1.78 bits per heavy atom. The highest BCUT2D eigenvalue weighted by molar-refractivity contribution is 6.09. The zero-order valence-electron chi connectivity index (χ0n) is 19.0. The minimum atomic E-state index is -0.797. The van der Waals surface area contributed by atoms with Crippen LogP contribution in [0.25, 0.3) is 6.08 Å². The van der Waals surface area contributed by atoms with E-state index in [9.17, 15) is 9.59 Å². The van der Waals surface area contributed by atoms with Gasteiger partial charge < -0.3 is 14.5 Å². The summed E-state index contributed by atoms with van der Waals surface area (Å²) in [5.41, 5.74) is 2.65. The van der Waals surface area contributed by atoms with Gasteiger partial charge in [-0.3, -0.25) is 9.59 Å². The van der Waals surface area contributed by atoms with Gasteiger partial charge in [-0.1, -0.05) is 54.1 Å². The lowest BCUT2D eigenvalue weighted by Gasteiger charge is -2.46. The smallest absolute Gasteiger partial charge is 0.271 e. The Kier molecular flexibility index (Phi) is 6.17. The summed E-state index contributed by atoms with van der Waals surface area (Å²) in [5.74, 6) is 0.698. The van der Waals surface area contributed by atoms with E-state index in [1.165, 1.54) is 0 Å². The Hall–Kier alpha value is -3.34. The van der Waals surface area contributed by atoms with Crippen LogP contribution in [0, 0.1) is 0 Å². The first-order valence-corrected chi connectivity index (χ1v) is 11.1. The molecule has 5 heteroatoms. The average molecular weight is 431 g/mol. The number of nitrogens with zero attached hydrogens (tertiary/aromatic N) is 2. The zero-order chi connectivity index (χ0) is 22.7. The maximum absolute atomic E-state index is 14.1. The fraction of sp³-hybridized carbons (Fsp3) is 0.333. The Morgan fingerprint density at radius 3 is 2.44 bits per heavy atom. The standard InChI is InChI=1S/C27H30N2O3/c1-20(2)14-16-27-15-7-17-29(27)25(30)24(18-21-8-5-4-6-9-21)28(26(27)31)19-22-10-12-23(32-3)13-11-22/h4-6,8-14,18H,7,15-17,19H2,1-3H3/b24-18-/t27-/m1/s1. The van der Waals surface area contributed by atoms with E-state index >= 15 is 0 Å². The largest absolute Gasteiger partial charge is 0.497 e. The van der Waals surface area contributed by atoms with Crippen molar-refractivity contribution in [2.45, 2.75) is 45.2 Å². The first-order valence-electron chi connectivity index (χ1n) is 11.1. The molecule has 2 amide bonds.